The van der Waals surface area contributed by atoms with Crippen molar-refractivity contribution < 1.29 is 28.9 Å². The van der Waals surface area contributed by atoms with Gasteiger partial charge in [-0.15, -0.1) is 0 Å². The Labute approximate surface area is 76.5 Å². The maximum Gasteiger partial charge on any atom is 0.394 e. The molecule has 0 amide bonds. The highest BCUT2D eigenvalue weighted by Gasteiger charge is 2.62. The largest absolute Gasteiger partial charge is 0.394 e. The summed E-state index contributed by atoms with van der Waals surface area (Å²) in [6.07, 6.45) is -8.67. The first kappa shape index (κ1) is 8.05. The summed E-state index contributed by atoms with van der Waals surface area (Å²) in [7, 11) is -4.76. The summed E-state index contributed by atoms with van der Waals surface area (Å²) in [5.74, 6) is -1.53. The molecule has 78 valence electrons. The van der Waals surface area contributed by atoms with Gasteiger partial charge < -0.3 is 0 Å². The molecule has 1 fully saturated rings. The summed E-state index contributed by atoms with van der Waals surface area (Å²) in [4.78, 5) is 0. The fourth-order valence-corrected chi connectivity index (χ4v) is 1.37. The topological polar surface area (TPSA) is 54.4 Å². The number of halogens is 3. The van der Waals surface area contributed by atoms with E-state index in [9.17, 15) is 21.6 Å². The van der Waals surface area contributed by atoms with Crippen LogP contribution in [-0.4, -0.2) is 24.9 Å². The molecule has 0 saturated heterocycles. The third kappa shape index (κ3) is 2.57. The number of rotatable bonds is 3. The number of alkyl halides is 3. The zero-order valence-electron chi connectivity index (χ0n) is 8.43. The number of hydrogen-bond acceptors (Lipinski definition) is 2. The second-order valence-corrected chi connectivity index (χ2v) is 4.44. The maximum absolute atomic E-state index is 12.5. The van der Waals surface area contributed by atoms with Gasteiger partial charge in [0.2, 0.25) is 0 Å². The molecule has 0 aromatic rings. The maximum atomic E-state index is 12.5. The molecule has 1 aliphatic rings. The van der Waals surface area contributed by atoms with Crippen LogP contribution in [0.1, 0.15) is 22.0 Å². The summed E-state index contributed by atoms with van der Waals surface area (Å²) < 4.78 is 80.7. The third-order valence-corrected chi connectivity index (χ3v) is 2.39. The van der Waals surface area contributed by atoms with Crippen molar-refractivity contribution >= 4 is 10.1 Å². The molecule has 0 aliphatic heterocycles. The van der Waals surface area contributed by atoms with Crippen LogP contribution in [-0.2, 0) is 10.1 Å². The van der Waals surface area contributed by atoms with Gasteiger partial charge in [0, 0.05) is 2.74 Å². The van der Waals surface area contributed by atoms with E-state index >= 15 is 0 Å². The van der Waals surface area contributed by atoms with Crippen LogP contribution in [0.3, 0.4) is 0 Å². The summed E-state index contributed by atoms with van der Waals surface area (Å²) in [5, 5.41) is 0. The Balaban J connectivity index is 2.97. The molecule has 1 saturated carbocycles. The van der Waals surface area contributed by atoms with Crippen molar-refractivity contribution in [3.05, 3.63) is 0 Å². The van der Waals surface area contributed by atoms with Crippen LogP contribution in [0.25, 0.3) is 0 Å². The Morgan fingerprint density at radius 2 is 1.92 bits per heavy atom. The van der Waals surface area contributed by atoms with E-state index < -0.39 is 46.7 Å². The Kier molecular flexibility index (Phi) is 1.76. The quantitative estimate of drug-likeness (QED) is 0.735. The van der Waals surface area contributed by atoms with Crippen molar-refractivity contribution in [2.75, 3.05) is 5.75 Å². The zero-order chi connectivity index (χ0) is 12.1. The van der Waals surface area contributed by atoms with Crippen LogP contribution >= 0.6 is 0 Å². The van der Waals surface area contributed by atoms with Crippen LogP contribution in [0.15, 0.2) is 0 Å². The molecule has 0 radical (unpaired) electrons. The molecule has 13 heavy (non-hydrogen) atoms. The van der Waals surface area contributed by atoms with Gasteiger partial charge >= 0.3 is 6.18 Å². The number of hydrogen-bond donors (Lipinski definition) is 1. The highest BCUT2D eigenvalue weighted by molar-refractivity contribution is 7.85. The van der Waals surface area contributed by atoms with Gasteiger partial charge in [0.25, 0.3) is 10.1 Å². The van der Waals surface area contributed by atoms with Crippen molar-refractivity contribution in [1.29, 1.82) is 0 Å². The van der Waals surface area contributed by atoms with Crippen molar-refractivity contribution in [3.8, 4) is 0 Å². The molecule has 0 atom stereocenters. The predicted octanol–water partition coefficient (Wildman–Crippen LogP) is 1.61. The van der Waals surface area contributed by atoms with Crippen LogP contribution < -0.4 is 0 Å². The van der Waals surface area contributed by atoms with Crippen LogP contribution in [0, 0.1) is 5.41 Å². The van der Waals surface area contributed by atoms with Crippen LogP contribution in [0.2, 0.25) is 0 Å². The van der Waals surface area contributed by atoms with E-state index in [0.29, 0.717) is 0 Å². The second kappa shape index (κ2) is 2.84. The Hall–Kier alpha value is -0.300. The van der Waals surface area contributed by atoms with E-state index in [1.54, 1.807) is 0 Å². The molecule has 0 heterocycles. The minimum Gasteiger partial charge on any atom is -0.286 e. The molecule has 7 heteroatoms. The highest BCUT2D eigenvalue weighted by Crippen LogP contribution is 2.59. The Bertz CT molecular complexity index is 358. The van der Waals surface area contributed by atoms with Crippen LogP contribution in [0.4, 0.5) is 13.2 Å². The van der Waals surface area contributed by atoms with Gasteiger partial charge in [0.05, 0.1) is 11.2 Å². The van der Waals surface area contributed by atoms with E-state index in [2.05, 4.69) is 0 Å². The van der Waals surface area contributed by atoms with E-state index in [4.69, 9.17) is 7.29 Å². The molecule has 1 N–H and O–H groups in total. The normalized spacial score (nSPS) is 24.9. The average molecular weight is 220 g/mol. The van der Waals surface area contributed by atoms with E-state index in [0.717, 1.165) is 0 Å². The summed E-state index contributed by atoms with van der Waals surface area (Å²) in [5.41, 5.74) is -2.62. The van der Waals surface area contributed by atoms with Gasteiger partial charge in [-0.25, -0.2) is 0 Å². The van der Waals surface area contributed by atoms with Gasteiger partial charge in [-0.2, -0.15) is 21.6 Å². The first-order chi connectivity index (χ1) is 6.41. The Morgan fingerprint density at radius 3 is 2.15 bits per heavy atom. The molecular formula is C6H9F3O3S. The fourth-order valence-electron chi connectivity index (χ4n) is 0.915. The van der Waals surface area contributed by atoms with E-state index in [-0.39, 0.29) is 0 Å². The van der Waals surface area contributed by atoms with Crippen molar-refractivity contribution in [3.63, 3.8) is 0 Å². The minimum absolute atomic E-state index is 0.445. The second-order valence-electron chi connectivity index (χ2n) is 2.98. The summed E-state index contributed by atoms with van der Waals surface area (Å²) in [6, 6.07) is 0. The molecule has 0 aromatic carbocycles. The molecule has 3 nitrogen and oxygen atoms in total. The average Bonchev–Trinajstić information content (AvgIpc) is 2.53. The first-order valence-corrected chi connectivity index (χ1v) is 5.04. The van der Waals surface area contributed by atoms with Gasteiger partial charge in [0.1, 0.15) is 0 Å². The lowest BCUT2D eigenvalue weighted by Gasteiger charge is -2.17. The zero-order valence-corrected chi connectivity index (χ0v) is 7.24. The molecule has 0 unspecified atom stereocenters. The predicted molar refractivity (Wildman–Crippen MR) is 38.8 cm³/mol. The highest BCUT2D eigenvalue weighted by atomic mass is 32.2. The molecule has 0 bridgehead atoms. The van der Waals surface area contributed by atoms with Crippen molar-refractivity contribution in [1.82, 2.24) is 0 Å². The lowest BCUT2D eigenvalue weighted by Crippen LogP contribution is -2.26. The lowest BCUT2D eigenvalue weighted by atomic mass is 10.0. The van der Waals surface area contributed by atoms with E-state index in [1.807, 2.05) is 0 Å². The summed E-state index contributed by atoms with van der Waals surface area (Å²) >= 11 is 0. The third-order valence-electron chi connectivity index (χ3n) is 1.89. The SMILES string of the molecule is [2H]C([2H])(CS(=O)(=O)O)C1(C(F)(F)F)CC1. The van der Waals surface area contributed by atoms with Gasteiger partial charge in [-0.05, 0) is 19.2 Å². The van der Waals surface area contributed by atoms with Gasteiger partial charge in [-0.3, -0.25) is 4.55 Å². The van der Waals surface area contributed by atoms with Crippen LogP contribution in [0.5, 0.6) is 0 Å². The smallest absolute Gasteiger partial charge is 0.286 e. The molecular weight excluding hydrogens is 209 g/mol. The molecule has 1 aliphatic carbocycles. The fraction of sp³-hybridized carbons (Fsp3) is 1.00. The van der Waals surface area contributed by atoms with E-state index in [1.165, 1.54) is 0 Å². The van der Waals surface area contributed by atoms with Crippen molar-refractivity contribution in [2.45, 2.75) is 25.4 Å². The minimum atomic E-state index is -4.79. The Morgan fingerprint density at radius 1 is 1.46 bits per heavy atom. The first-order valence-electron chi connectivity index (χ1n) is 4.43. The molecule has 0 spiro atoms. The summed E-state index contributed by atoms with van der Waals surface area (Å²) in [6.45, 7) is 0. The lowest BCUT2D eigenvalue weighted by molar-refractivity contribution is -0.187. The monoisotopic (exact) mass is 220 g/mol. The molecule has 0 aromatic heterocycles. The molecule has 1 rings (SSSR count). The van der Waals surface area contributed by atoms with Crippen molar-refractivity contribution in [2.24, 2.45) is 5.41 Å². The standard InChI is InChI=1S/C6H9F3O3S/c7-6(8,9)5(1-2-5)3-4-13(10,11)12/h1-4H2,(H,10,11,12)/i3D2. The van der Waals surface area contributed by atoms with Gasteiger partial charge in [0.15, 0.2) is 0 Å². The van der Waals surface area contributed by atoms with Gasteiger partial charge in [-0.1, -0.05) is 0 Å².